The van der Waals surface area contributed by atoms with E-state index in [0.29, 0.717) is 11.8 Å². The van der Waals surface area contributed by atoms with E-state index in [-0.39, 0.29) is 17.3 Å². The van der Waals surface area contributed by atoms with Crippen LogP contribution in [0.4, 0.5) is 4.39 Å². The molecule has 2 aliphatic carbocycles. The molecule has 2 unspecified atom stereocenters. The van der Waals surface area contributed by atoms with Gasteiger partial charge in [-0.15, -0.1) is 0 Å². The molecule has 2 aliphatic rings. The quantitative estimate of drug-likeness (QED) is 0.828. The summed E-state index contributed by atoms with van der Waals surface area (Å²) in [6.07, 6.45) is 7.24. The monoisotopic (exact) mass is 355 g/mol. The van der Waals surface area contributed by atoms with Crippen LogP contribution in [0.25, 0.3) is 0 Å². The van der Waals surface area contributed by atoms with Crippen LogP contribution in [-0.4, -0.2) is 18.7 Å². The first-order valence-corrected chi connectivity index (χ1v) is 8.80. The second kappa shape index (κ2) is 6.25. The first-order valence-electron chi connectivity index (χ1n) is 8.01. The Labute approximate surface area is 134 Å². The molecule has 2 saturated carbocycles. The first-order chi connectivity index (χ1) is 10.2. The second-order valence-corrected chi connectivity index (χ2v) is 7.28. The van der Waals surface area contributed by atoms with Crippen molar-refractivity contribution in [3.8, 4) is 5.75 Å². The number of hydrogen-bond donors (Lipinski definition) is 1. The fourth-order valence-corrected chi connectivity index (χ4v) is 4.28. The normalized spacial score (nSPS) is 26.8. The Hall–Kier alpha value is -0.610. The van der Waals surface area contributed by atoms with Crippen molar-refractivity contribution < 1.29 is 9.13 Å². The van der Waals surface area contributed by atoms with Gasteiger partial charge in [0.1, 0.15) is 6.10 Å². The molecule has 0 amide bonds. The van der Waals surface area contributed by atoms with Gasteiger partial charge in [0.25, 0.3) is 0 Å². The molecular weight excluding hydrogens is 333 g/mol. The van der Waals surface area contributed by atoms with Gasteiger partial charge in [-0.1, -0.05) is 35.7 Å². The van der Waals surface area contributed by atoms with Crippen LogP contribution in [0.1, 0.15) is 45.4 Å². The topological polar surface area (TPSA) is 21.3 Å². The molecule has 4 heteroatoms. The van der Waals surface area contributed by atoms with Crippen molar-refractivity contribution in [3.63, 3.8) is 0 Å². The maximum Gasteiger partial charge on any atom is 0.165 e. The molecule has 0 radical (unpaired) electrons. The van der Waals surface area contributed by atoms with E-state index in [1.807, 2.05) is 0 Å². The Balaban J connectivity index is 1.72. The van der Waals surface area contributed by atoms with Crippen LogP contribution >= 0.6 is 15.9 Å². The Kier molecular flexibility index (Phi) is 4.55. The molecule has 2 nitrogen and oxygen atoms in total. The number of benzene rings is 1. The number of ether oxygens (including phenoxy) is 1. The van der Waals surface area contributed by atoms with Gasteiger partial charge >= 0.3 is 0 Å². The van der Waals surface area contributed by atoms with Crippen LogP contribution in [0, 0.1) is 11.2 Å². The van der Waals surface area contributed by atoms with Crippen LogP contribution in [0.2, 0.25) is 0 Å². The highest BCUT2D eigenvalue weighted by Crippen LogP contribution is 2.54. The molecule has 21 heavy (non-hydrogen) atoms. The second-order valence-electron chi connectivity index (χ2n) is 6.36. The molecule has 1 aromatic carbocycles. The fourth-order valence-electron chi connectivity index (χ4n) is 3.94. The SMILES string of the molecule is CCCNC1CC(Oc2cc(Br)ccc2F)C12CCCC2. The number of rotatable bonds is 5. The molecule has 116 valence electrons. The maximum atomic E-state index is 13.9. The summed E-state index contributed by atoms with van der Waals surface area (Å²) in [6, 6.07) is 5.46. The fraction of sp³-hybridized carbons (Fsp3) is 0.647. The summed E-state index contributed by atoms with van der Waals surface area (Å²) in [7, 11) is 0. The zero-order valence-corrected chi connectivity index (χ0v) is 14.1. The predicted molar refractivity (Wildman–Crippen MR) is 86.1 cm³/mol. The lowest BCUT2D eigenvalue weighted by molar-refractivity contribution is -0.0774. The third-order valence-corrected chi connectivity index (χ3v) is 5.62. The Bertz CT molecular complexity index is 502. The highest BCUT2D eigenvalue weighted by Gasteiger charge is 2.57. The van der Waals surface area contributed by atoms with Crippen molar-refractivity contribution in [1.29, 1.82) is 0 Å². The molecule has 0 bridgehead atoms. The summed E-state index contributed by atoms with van der Waals surface area (Å²) in [5.41, 5.74) is 0.226. The van der Waals surface area contributed by atoms with Gasteiger partial charge in [-0.3, -0.25) is 0 Å². The summed E-state index contributed by atoms with van der Waals surface area (Å²) in [4.78, 5) is 0. The smallest absolute Gasteiger partial charge is 0.165 e. The third-order valence-electron chi connectivity index (χ3n) is 5.12. The van der Waals surface area contributed by atoms with Crippen LogP contribution < -0.4 is 10.1 Å². The number of hydrogen-bond acceptors (Lipinski definition) is 2. The predicted octanol–water partition coefficient (Wildman–Crippen LogP) is 4.67. The molecule has 0 saturated heterocycles. The van der Waals surface area contributed by atoms with Gasteiger partial charge in [0, 0.05) is 22.4 Å². The highest BCUT2D eigenvalue weighted by molar-refractivity contribution is 9.10. The largest absolute Gasteiger partial charge is 0.487 e. The van der Waals surface area contributed by atoms with Crippen LogP contribution in [-0.2, 0) is 0 Å². The minimum absolute atomic E-state index is 0.151. The van der Waals surface area contributed by atoms with E-state index in [2.05, 4.69) is 28.2 Å². The molecule has 0 heterocycles. The lowest BCUT2D eigenvalue weighted by atomic mass is 9.60. The molecule has 1 N–H and O–H groups in total. The Morgan fingerprint density at radius 1 is 1.38 bits per heavy atom. The molecule has 3 rings (SSSR count). The van der Waals surface area contributed by atoms with Crippen molar-refractivity contribution in [1.82, 2.24) is 5.32 Å². The van der Waals surface area contributed by atoms with Crippen molar-refractivity contribution >= 4 is 15.9 Å². The van der Waals surface area contributed by atoms with Crippen LogP contribution in [0.5, 0.6) is 5.75 Å². The molecule has 0 aromatic heterocycles. The van der Waals surface area contributed by atoms with E-state index in [9.17, 15) is 4.39 Å². The highest BCUT2D eigenvalue weighted by atomic mass is 79.9. The summed E-state index contributed by atoms with van der Waals surface area (Å²) in [5, 5.41) is 3.66. The summed E-state index contributed by atoms with van der Waals surface area (Å²) in [6.45, 7) is 3.25. The van der Waals surface area contributed by atoms with Crippen molar-refractivity contribution in [3.05, 3.63) is 28.5 Å². The van der Waals surface area contributed by atoms with E-state index >= 15 is 0 Å². The number of halogens is 2. The molecule has 2 fully saturated rings. The average molecular weight is 356 g/mol. The van der Waals surface area contributed by atoms with E-state index in [1.165, 1.54) is 31.7 Å². The zero-order chi connectivity index (χ0) is 14.9. The van der Waals surface area contributed by atoms with Gasteiger partial charge in [0.15, 0.2) is 11.6 Å². The molecule has 0 aliphatic heterocycles. The standard InChI is InChI=1S/C17H23BrFNO/c1-2-9-20-15-11-16(17(15)7-3-4-8-17)21-14-10-12(18)5-6-13(14)19/h5-6,10,15-16,20H,2-4,7-9,11H2,1H3. The summed E-state index contributed by atoms with van der Waals surface area (Å²) >= 11 is 3.39. The van der Waals surface area contributed by atoms with Gasteiger partial charge in [0.05, 0.1) is 0 Å². The van der Waals surface area contributed by atoms with Crippen LogP contribution in [0.3, 0.4) is 0 Å². The first kappa shape index (κ1) is 15.3. The molecular formula is C17H23BrFNO. The van der Waals surface area contributed by atoms with Gasteiger partial charge in [-0.2, -0.15) is 0 Å². The van der Waals surface area contributed by atoms with E-state index in [1.54, 1.807) is 12.1 Å². The van der Waals surface area contributed by atoms with E-state index in [0.717, 1.165) is 23.9 Å². The Morgan fingerprint density at radius 2 is 2.14 bits per heavy atom. The van der Waals surface area contributed by atoms with Gasteiger partial charge in [-0.25, -0.2) is 4.39 Å². The Morgan fingerprint density at radius 3 is 2.86 bits per heavy atom. The van der Waals surface area contributed by atoms with Crippen molar-refractivity contribution in [2.75, 3.05) is 6.54 Å². The van der Waals surface area contributed by atoms with E-state index < -0.39 is 0 Å². The lowest BCUT2D eigenvalue weighted by Crippen LogP contribution is -2.63. The minimum atomic E-state index is -0.267. The van der Waals surface area contributed by atoms with Crippen molar-refractivity contribution in [2.24, 2.45) is 5.41 Å². The average Bonchev–Trinajstić information content (AvgIpc) is 2.98. The third kappa shape index (κ3) is 2.85. The lowest BCUT2D eigenvalue weighted by Gasteiger charge is -2.54. The number of nitrogens with one attached hydrogen (secondary N) is 1. The molecule has 2 atom stereocenters. The van der Waals surface area contributed by atoms with Crippen molar-refractivity contribution in [2.45, 2.75) is 57.6 Å². The summed E-state index contributed by atoms with van der Waals surface area (Å²) in [5.74, 6) is 0.117. The van der Waals surface area contributed by atoms with Gasteiger partial charge in [-0.05, 0) is 44.0 Å². The van der Waals surface area contributed by atoms with Crippen LogP contribution in [0.15, 0.2) is 22.7 Å². The maximum absolute atomic E-state index is 13.9. The molecule has 1 aromatic rings. The zero-order valence-electron chi connectivity index (χ0n) is 12.5. The van der Waals surface area contributed by atoms with Gasteiger partial charge < -0.3 is 10.1 Å². The van der Waals surface area contributed by atoms with Gasteiger partial charge in [0.2, 0.25) is 0 Å². The minimum Gasteiger partial charge on any atom is -0.487 e. The molecule has 1 spiro atoms. The summed E-state index contributed by atoms with van der Waals surface area (Å²) < 4.78 is 20.8. The van der Waals surface area contributed by atoms with E-state index in [4.69, 9.17) is 4.74 Å².